The summed E-state index contributed by atoms with van der Waals surface area (Å²) in [4.78, 5) is 29.2. The smallest absolute Gasteiger partial charge is 0.323 e. The fraction of sp³-hybridized carbons (Fsp3) is 0.545. The number of hydrogen-bond acceptors (Lipinski definition) is 5. The van der Waals surface area contributed by atoms with E-state index >= 15 is 0 Å². The zero-order valence-corrected chi connectivity index (χ0v) is 12.1. The van der Waals surface area contributed by atoms with Crippen molar-refractivity contribution in [1.82, 2.24) is 15.3 Å². The number of aromatic nitrogens is 2. The van der Waals surface area contributed by atoms with Crippen molar-refractivity contribution < 1.29 is 14.3 Å². The minimum Gasteiger partial charge on any atom is -0.458 e. The van der Waals surface area contributed by atoms with E-state index in [-0.39, 0.29) is 55.0 Å². The Hall–Kier alpha value is -1.11. The van der Waals surface area contributed by atoms with Gasteiger partial charge in [0, 0.05) is 6.92 Å². The van der Waals surface area contributed by atoms with Crippen LogP contribution in [0.15, 0.2) is 6.20 Å². The maximum absolute atomic E-state index is 11.6. The lowest BCUT2D eigenvalue weighted by Gasteiger charge is -2.08. The number of nitrogens with one attached hydrogen (secondary N) is 2. The number of esters is 1. The Morgan fingerprint density at radius 1 is 1.47 bits per heavy atom. The quantitative estimate of drug-likeness (QED) is 0.646. The number of rotatable bonds is 4. The van der Waals surface area contributed by atoms with Crippen LogP contribution >= 0.6 is 24.8 Å². The van der Waals surface area contributed by atoms with Gasteiger partial charge in [0.15, 0.2) is 11.6 Å². The van der Waals surface area contributed by atoms with Crippen molar-refractivity contribution in [1.29, 1.82) is 0 Å². The van der Waals surface area contributed by atoms with Gasteiger partial charge < -0.3 is 15.0 Å². The average Bonchev–Trinajstić information content (AvgIpc) is 2.97. The van der Waals surface area contributed by atoms with E-state index in [2.05, 4.69) is 15.3 Å². The first-order valence-electron chi connectivity index (χ1n) is 5.61. The van der Waals surface area contributed by atoms with Crippen LogP contribution in [-0.4, -0.2) is 34.3 Å². The highest BCUT2D eigenvalue weighted by atomic mass is 35.5. The number of ether oxygens (including phenoxy) is 1. The van der Waals surface area contributed by atoms with Gasteiger partial charge in [-0.2, -0.15) is 0 Å². The van der Waals surface area contributed by atoms with Gasteiger partial charge in [-0.1, -0.05) is 0 Å². The molecule has 0 radical (unpaired) electrons. The summed E-state index contributed by atoms with van der Waals surface area (Å²) in [5.41, 5.74) is 0.626. The highest BCUT2D eigenvalue weighted by molar-refractivity contribution is 5.90. The van der Waals surface area contributed by atoms with Crippen LogP contribution in [0.1, 0.15) is 36.1 Å². The van der Waals surface area contributed by atoms with Crippen LogP contribution in [0.2, 0.25) is 0 Å². The number of hydrogen-bond donors (Lipinski definition) is 2. The van der Waals surface area contributed by atoms with Gasteiger partial charge in [0.2, 0.25) is 0 Å². The Kier molecular flexibility index (Phi) is 7.66. The van der Waals surface area contributed by atoms with Gasteiger partial charge in [-0.25, -0.2) is 4.98 Å². The monoisotopic (exact) mass is 309 g/mol. The van der Waals surface area contributed by atoms with E-state index in [0.29, 0.717) is 5.69 Å². The fourth-order valence-electron chi connectivity index (χ4n) is 1.75. The Bertz CT molecular complexity index is 431. The fourth-order valence-corrected chi connectivity index (χ4v) is 1.75. The Morgan fingerprint density at radius 3 is 2.74 bits per heavy atom. The number of aromatic amines is 1. The summed E-state index contributed by atoms with van der Waals surface area (Å²) in [7, 11) is 0. The second-order valence-corrected chi connectivity index (χ2v) is 4.07. The normalized spacial score (nSPS) is 17.2. The lowest BCUT2D eigenvalue weighted by Crippen LogP contribution is -2.32. The molecule has 1 aromatic rings. The first kappa shape index (κ1) is 17.9. The molecule has 1 aromatic heterocycles. The van der Waals surface area contributed by atoms with Gasteiger partial charge in [0.05, 0.1) is 11.9 Å². The van der Waals surface area contributed by atoms with Crippen molar-refractivity contribution in [3.05, 3.63) is 17.7 Å². The molecule has 8 heteroatoms. The number of Topliss-reactive ketones (excluding diaryl/α,β-unsaturated/α-hetero) is 1. The standard InChI is InChI=1S/C11H15N3O3.2ClH/c1-7(15)10-13-5-8(14-10)6-17-11(16)9-3-2-4-12-9;;/h5,9,12H,2-4,6H2,1H3,(H,13,14);2*1H/t9-;;/m0../s1. The van der Waals surface area contributed by atoms with Crippen molar-refractivity contribution >= 4 is 36.6 Å². The molecule has 1 fully saturated rings. The minimum atomic E-state index is -0.249. The molecule has 0 bridgehead atoms. The molecule has 1 aliphatic heterocycles. The second kappa shape index (κ2) is 8.14. The second-order valence-electron chi connectivity index (χ2n) is 4.07. The van der Waals surface area contributed by atoms with E-state index in [1.807, 2.05) is 0 Å². The van der Waals surface area contributed by atoms with Gasteiger partial charge in [0.1, 0.15) is 12.6 Å². The van der Waals surface area contributed by atoms with Crippen LogP contribution in [0, 0.1) is 0 Å². The molecule has 0 aromatic carbocycles. The van der Waals surface area contributed by atoms with Crippen LogP contribution in [0.5, 0.6) is 0 Å². The molecule has 19 heavy (non-hydrogen) atoms. The molecule has 0 amide bonds. The van der Waals surface area contributed by atoms with E-state index in [4.69, 9.17) is 4.74 Å². The van der Waals surface area contributed by atoms with E-state index in [0.717, 1.165) is 19.4 Å². The van der Waals surface area contributed by atoms with Crippen molar-refractivity contribution in [3.8, 4) is 0 Å². The molecule has 2 N–H and O–H groups in total. The van der Waals surface area contributed by atoms with Gasteiger partial charge in [-0.3, -0.25) is 9.59 Å². The molecule has 108 valence electrons. The Labute approximate surface area is 123 Å². The van der Waals surface area contributed by atoms with E-state index in [9.17, 15) is 9.59 Å². The number of nitrogens with zero attached hydrogens (tertiary/aromatic N) is 1. The predicted octanol–water partition coefficient (Wildman–Crippen LogP) is 1.25. The van der Waals surface area contributed by atoms with E-state index < -0.39 is 0 Å². The highest BCUT2D eigenvalue weighted by Crippen LogP contribution is 2.08. The van der Waals surface area contributed by atoms with Crippen molar-refractivity contribution in [3.63, 3.8) is 0 Å². The third-order valence-corrected chi connectivity index (χ3v) is 2.68. The molecule has 0 saturated carbocycles. The summed E-state index contributed by atoms with van der Waals surface area (Å²) >= 11 is 0. The topological polar surface area (TPSA) is 84.1 Å². The summed E-state index contributed by atoms with van der Waals surface area (Å²) in [6.45, 7) is 2.41. The SMILES string of the molecule is CC(=O)c1ncc(COC(=O)[C@@H]2CCCN2)[nH]1.Cl.Cl. The van der Waals surface area contributed by atoms with Gasteiger partial charge in [-0.15, -0.1) is 24.8 Å². The molecule has 2 heterocycles. The van der Waals surface area contributed by atoms with E-state index in [1.54, 1.807) is 0 Å². The maximum Gasteiger partial charge on any atom is 0.323 e. The summed E-state index contributed by atoms with van der Waals surface area (Å²) in [5, 5.41) is 3.06. The highest BCUT2D eigenvalue weighted by Gasteiger charge is 2.23. The molecule has 0 unspecified atom stereocenters. The molecule has 0 aliphatic carbocycles. The van der Waals surface area contributed by atoms with Gasteiger partial charge in [0.25, 0.3) is 0 Å². The zero-order valence-electron chi connectivity index (χ0n) is 10.5. The number of halogens is 2. The molecule has 0 spiro atoms. The Morgan fingerprint density at radius 2 is 2.21 bits per heavy atom. The van der Waals surface area contributed by atoms with Crippen LogP contribution < -0.4 is 5.32 Å². The molecule has 1 saturated heterocycles. The van der Waals surface area contributed by atoms with Crippen LogP contribution in [0.4, 0.5) is 0 Å². The maximum atomic E-state index is 11.6. The number of carbonyl (C=O) groups excluding carboxylic acids is 2. The summed E-state index contributed by atoms with van der Waals surface area (Å²) in [6.07, 6.45) is 3.32. The predicted molar refractivity (Wildman–Crippen MR) is 73.9 cm³/mol. The minimum absolute atomic E-state index is 0. The van der Waals surface area contributed by atoms with Crippen molar-refractivity contribution in [2.75, 3.05) is 6.54 Å². The molecular formula is C11H17Cl2N3O3. The first-order valence-corrected chi connectivity index (χ1v) is 5.61. The number of H-pyrrole nitrogens is 1. The third-order valence-electron chi connectivity index (χ3n) is 2.68. The third kappa shape index (κ3) is 4.81. The number of imidazole rings is 1. The Balaban J connectivity index is 0.00000162. The molecule has 1 aliphatic rings. The van der Waals surface area contributed by atoms with E-state index in [1.165, 1.54) is 13.1 Å². The van der Waals surface area contributed by atoms with Gasteiger partial charge in [-0.05, 0) is 19.4 Å². The summed E-state index contributed by atoms with van der Waals surface area (Å²) in [5.74, 6) is -0.100. The van der Waals surface area contributed by atoms with Crippen molar-refractivity contribution in [2.45, 2.75) is 32.4 Å². The van der Waals surface area contributed by atoms with Gasteiger partial charge >= 0.3 is 5.97 Å². The lowest BCUT2D eigenvalue weighted by atomic mass is 10.2. The van der Waals surface area contributed by atoms with Crippen LogP contribution in [0.25, 0.3) is 0 Å². The molecule has 1 atom stereocenters. The number of carbonyl (C=O) groups is 2. The average molecular weight is 310 g/mol. The molecular weight excluding hydrogens is 293 g/mol. The number of ketones is 1. The lowest BCUT2D eigenvalue weighted by molar-refractivity contribution is -0.147. The first-order chi connectivity index (χ1) is 8.16. The zero-order chi connectivity index (χ0) is 12.3. The largest absolute Gasteiger partial charge is 0.458 e. The molecule has 2 rings (SSSR count). The van der Waals surface area contributed by atoms with Crippen LogP contribution in [0.3, 0.4) is 0 Å². The summed E-state index contributed by atoms with van der Waals surface area (Å²) in [6, 6.07) is -0.190. The molecule has 6 nitrogen and oxygen atoms in total. The summed E-state index contributed by atoms with van der Waals surface area (Å²) < 4.78 is 5.12. The van der Waals surface area contributed by atoms with Crippen LogP contribution in [-0.2, 0) is 16.1 Å². The van der Waals surface area contributed by atoms with Crippen molar-refractivity contribution in [2.24, 2.45) is 0 Å².